The van der Waals surface area contributed by atoms with Crippen molar-refractivity contribution in [3.05, 3.63) is 59.3 Å². The van der Waals surface area contributed by atoms with E-state index >= 15 is 0 Å². The zero-order valence-electron chi connectivity index (χ0n) is 21.9. The highest BCUT2D eigenvalue weighted by Crippen LogP contribution is 2.36. The predicted molar refractivity (Wildman–Crippen MR) is 143 cm³/mol. The molecule has 3 aromatic rings. The maximum Gasteiger partial charge on any atom is 0.490 e. The quantitative estimate of drug-likeness (QED) is 0.244. The van der Waals surface area contributed by atoms with E-state index in [9.17, 15) is 34.8 Å². The smallest absolute Gasteiger partial charge is 0.475 e. The molecule has 0 atom stereocenters. The maximum atomic E-state index is 13.1. The van der Waals surface area contributed by atoms with Gasteiger partial charge in [-0.3, -0.25) is 4.72 Å². The number of sulfonamides is 1. The van der Waals surface area contributed by atoms with E-state index in [0.717, 1.165) is 58.4 Å². The summed E-state index contributed by atoms with van der Waals surface area (Å²) in [6.07, 6.45) is -3.64. The van der Waals surface area contributed by atoms with Gasteiger partial charge >= 0.3 is 18.3 Å². The van der Waals surface area contributed by atoms with Crippen LogP contribution in [-0.4, -0.2) is 36.7 Å². The molecule has 0 spiro atoms. The average Bonchev–Trinajstić information content (AvgIpc) is 3.24. The van der Waals surface area contributed by atoms with Gasteiger partial charge in [0.1, 0.15) is 0 Å². The first-order valence-electron chi connectivity index (χ1n) is 12.3. The second-order valence-electron chi connectivity index (χ2n) is 9.38. The van der Waals surface area contributed by atoms with Crippen LogP contribution in [0.3, 0.4) is 0 Å². The number of hydrogen-bond donors (Lipinski definition) is 3. The first-order chi connectivity index (χ1) is 19.0. The zero-order chi connectivity index (χ0) is 30.6. The molecule has 0 saturated heterocycles. The Hall–Kier alpha value is -3.33. The van der Waals surface area contributed by atoms with E-state index in [0.29, 0.717) is 11.6 Å². The normalized spacial score (nSPS) is 14.6. The van der Waals surface area contributed by atoms with Crippen molar-refractivity contribution >= 4 is 38.1 Å². The molecule has 0 unspecified atom stereocenters. The van der Waals surface area contributed by atoms with E-state index in [-0.39, 0.29) is 10.6 Å². The Labute approximate surface area is 236 Å². The van der Waals surface area contributed by atoms with Crippen molar-refractivity contribution in [3.63, 3.8) is 0 Å². The molecule has 0 radical (unpaired) electrons. The van der Waals surface area contributed by atoms with E-state index in [1.165, 1.54) is 30.6 Å². The molecule has 2 aromatic carbocycles. The van der Waals surface area contributed by atoms with Gasteiger partial charge in [-0.15, -0.1) is 0 Å². The molecule has 7 nitrogen and oxygen atoms in total. The second kappa shape index (κ2) is 12.7. The van der Waals surface area contributed by atoms with Crippen LogP contribution in [0, 0.1) is 13.8 Å². The monoisotopic (exact) mass is 623 g/mol. The third-order valence-corrected chi connectivity index (χ3v) is 8.84. The van der Waals surface area contributed by atoms with Gasteiger partial charge in [-0.25, -0.2) is 18.2 Å². The molecule has 1 fully saturated rings. The van der Waals surface area contributed by atoms with Crippen LogP contribution in [0.1, 0.15) is 48.9 Å². The van der Waals surface area contributed by atoms with Gasteiger partial charge in [-0.05, 0) is 68.1 Å². The summed E-state index contributed by atoms with van der Waals surface area (Å²) in [5.74, 6) is -2.76. The Kier molecular flexibility index (Phi) is 9.95. The van der Waals surface area contributed by atoms with Crippen LogP contribution in [0.4, 0.5) is 37.2 Å². The SMILES string of the molecule is Cc1ccc(-c2sc(NC3CCCCC3)nc2C)cc1S(=O)(=O)Nc1ccc(C(F)(F)F)cc1.O=C(O)C(F)(F)F. The van der Waals surface area contributed by atoms with Crippen LogP contribution in [-0.2, 0) is 21.0 Å². The molecule has 4 rings (SSSR count). The Balaban J connectivity index is 0.000000587. The number of carboxylic acids is 1. The number of halogens is 6. The van der Waals surface area contributed by atoms with Gasteiger partial charge in [0.2, 0.25) is 0 Å². The lowest BCUT2D eigenvalue weighted by Crippen LogP contribution is -2.21. The van der Waals surface area contributed by atoms with Crippen molar-refractivity contribution < 1.29 is 44.7 Å². The van der Waals surface area contributed by atoms with Gasteiger partial charge in [-0.2, -0.15) is 26.3 Å². The minimum Gasteiger partial charge on any atom is -0.475 e. The number of aliphatic carboxylic acids is 1. The number of carboxylic acid groups (broad SMARTS) is 1. The lowest BCUT2D eigenvalue weighted by Gasteiger charge is -2.22. The number of hydrogen-bond acceptors (Lipinski definition) is 6. The summed E-state index contributed by atoms with van der Waals surface area (Å²) in [6, 6.07) is 9.50. The second-order valence-corrected chi connectivity index (χ2v) is 12.0. The van der Waals surface area contributed by atoms with E-state index in [1.54, 1.807) is 19.1 Å². The molecule has 1 aliphatic carbocycles. The highest BCUT2D eigenvalue weighted by molar-refractivity contribution is 7.92. The Morgan fingerprint density at radius 3 is 2.10 bits per heavy atom. The molecule has 0 bridgehead atoms. The number of benzene rings is 2. The number of alkyl halides is 6. The molecule has 41 heavy (non-hydrogen) atoms. The van der Waals surface area contributed by atoms with Crippen LogP contribution in [0.15, 0.2) is 47.4 Å². The van der Waals surface area contributed by atoms with Crippen molar-refractivity contribution in [2.75, 3.05) is 10.0 Å². The Morgan fingerprint density at radius 1 is 0.976 bits per heavy atom. The van der Waals surface area contributed by atoms with Gasteiger partial charge in [0.05, 0.1) is 21.0 Å². The van der Waals surface area contributed by atoms with E-state index in [2.05, 4.69) is 15.0 Å². The van der Waals surface area contributed by atoms with Crippen molar-refractivity contribution in [1.29, 1.82) is 0 Å². The number of aryl methyl sites for hydroxylation is 2. The van der Waals surface area contributed by atoms with E-state index in [1.807, 2.05) is 13.0 Å². The highest BCUT2D eigenvalue weighted by Gasteiger charge is 2.38. The highest BCUT2D eigenvalue weighted by atomic mass is 32.2. The fourth-order valence-electron chi connectivity index (χ4n) is 4.12. The molecule has 3 N–H and O–H groups in total. The number of nitrogens with zero attached hydrogens (tertiary/aromatic N) is 1. The fourth-order valence-corrected chi connectivity index (χ4v) is 6.49. The third kappa shape index (κ3) is 8.83. The summed E-state index contributed by atoms with van der Waals surface area (Å²) in [7, 11) is -4.01. The number of aromatic nitrogens is 1. The number of rotatable bonds is 6. The third-order valence-electron chi connectivity index (χ3n) is 6.18. The molecule has 1 aromatic heterocycles. The van der Waals surface area contributed by atoms with Crippen molar-refractivity contribution in [1.82, 2.24) is 4.98 Å². The van der Waals surface area contributed by atoms with Crippen LogP contribution in [0.5, 0.6) is 0 Å². The molecule has 224 valence electrons. The van der Waals surface area contributed by atoms with Crippen LogP contribution >= 0.6 is 11.3 Å². The largest absolute Gasteiger partial charge is 0.490 e. The molecular weight excluding hydrogens is 596 g/mol. The first-order valence-corrected chi connectivity index (χ1v) is 14.6. The summed E-state index contributed by atoms with van der Waals surface area (Å²) in [5.41, 5.74) is 1.29. The Bertz CT molecular complexity index is 1460. The topological polar surface area (TPSA) is 108 Å². The molecule has 1 saturated carbocycles. The summed E-state index contributed by atoms with van der Waals surface area (Å²) >= 11 is 1.50. The number of carbonyl (C=O) groups is 1. The van der Waals surface area contributed by atoms with Crippen molar-refractivity contribution in [2.45, 2.75) is 69.2 Å². The summed E-state index contributed by atoms with van der Waals surface area (Å²) < 4.78 is 98.7. The van der Waals surface area contributed by atoms with Gasteiger partial charge in [-0.1, -0.05) is 42.7 Å². The molecule has 0 aliphatic heterocycles. The van der Waals surface area contributed by atoms with Gasteiger partial charge in [0, 0.05) is 11.7 Å². The van der Waals surface area contributed by atoms with Crippen molar-refractivity contribution in [2.24, 2.45) is 0 Å². The van der Waals surface area contributed by atoms with Crippen molar-refractivity contribution in [3.8, 4) is 10.4 Å². The maximum absolute atomic E-state index is 13.1. The van der Waals surface area contributed by atoms with Crippen LogP contribution < -0.4 is 10.0 Å². The molecule has 0 amide bonds. The lowest BCUT2D eigenvalue weighted by molar-refractivity contribution is -0.192. The molecule has 1 aliphatic rings. The standard InChI is InChI=1S/C24H26F3N3O2S2.C2HF3O2/c1-15-8-9-17(22-16(2)28-23(33-22)29-19-6-4-3-5-7-19)14-21(15)34(31,32)30-20-12-10-18(11-13-20)24(25,26)27;3-2(4,5)1(6)7/h8-14,19,30H,3-7H2,1-2H3,(H,28,29);(H,6,7). The number of nitrogens with one attached hydrogen (secondary N) is 2. The molecular formula is C26H27F6N3O4S2. The molecule has 15 heteroatoms. The minimum atomic E-state index is -5.08. The number of thiazole rings is 1. The van der Waals surface area contributed by atoms with Gasteiger partial charge < -0.3 is 10.4 Å². The van der Waals surface area contributed by atoms with Gasteiger partial charge in [0.25, 0.3) is 10.0 Å². The Morgan fingerprint density at radius 2 is 1.56 bits per heavy atom. The average molecular weight is 624 g/mol. The first kappa shape index (κ1) is 32.2. The van der Waals surface area contributed by atoms with Gasteiger partial charge in [0.15, 0.2) is 5.13 Å². The van der Waals surface area contributed by atoms with Crippen LogP contribution in [0.2, 0.25) is 0 Å². The number of anilines is 2. The molecule has 1 heterocycles. The minimum absolute atomic E-state index is 0.0609. The summed E-state index contributed by atoms with van der Waals surface area (Å²) in [4.78, 5) is 14.5. The lowest BCUT2D eigenvalue weighted by atomic mass is 9.96. The zero-order valence-corrected chi connectivity index (χ0v) is 23.5. The van der Waals surface area contributed by atoms with E-state index in [4.69, 9.17) is 9.90 Å². The predicted octanol–water partition coefficient (Wildman–Crippen LogP) is 7.62. The fraction of sp³-hybridized carbons (Fsp3) is 0.385. The summed E-state index contributed by atoms with van der Waals surface area (Å²) in [6.45, 7) is 3.58. The van der Waals surface area contributed by atoms with E-state index < -0.39 is 33.9 Å². The summed E-state index contributed by atoms with van der Waals surface area (Å²) in [5, 5.41) is 11.5. The van der Waals surface area contributed by atoms with Crippen LogP contribution in [0.25, 0.3) is 10.4 Å².